The van der Waals surface area contributed by atoms with E-state index in [2.05, 4.69) is 54.7 Å². The summed E-state index contributed by atoms with van der Waals surface area (Å²) >= 11 is 0. The minimum Gasteiger partial charge on any atom is -0.380 e. The first-order chi connectivity index (χ1) is 10.1. The number of aromatic nitrogens is 2. The topological polar surface area (TPSA) is 39.1 Å². The van der Waals surface area contributed by atoms with E-state index in [0.29, 0.717) is 12.5 Å². The Labute approximate surface area is 127 Å². The van der Waals surface area contributed by atoms with Gasteiger partial charge < -0.3 is 10.1 Å². The molecule has 0 saturated heterocycles. The lowest BCUT2D eigenvalue weighted by Crippen LogP contribution is -2.15. The van der Waals surface area contributed by atoms with Crippen molar-refractivity contribution in [3.63, 3.8) is 0 Å². The number of aryl methyl sites for hydroxylation is 1. The fraction of sp³-hybridized carbons (Fsp3) is 0.471. The van der Waals surface area contributed by atoms with Crippen LogP contribution in [0.15, 0.2) is 30.5 Å². The molecule has 4 heteroatoms. The first kappa shape index (κ1) is 15.7. The number of hydrogen-bond acceptors (Lipinski definition) is 3. The van der Waals surface area contributed by atoms with Crippen molar-refractivity contribution in [1.29, 1.82) is 0 Å². The Balaban J connectivity index is 1.99. The second-order valence-corrected chi connectivity index (χ2v) is 5.67. The van der Waals surface area contributed by atoms with Gasteiger partial charge in [0, 0.05) is 39.0 Å². The van der Waals surface area contributed by atoms with Gasteiger partial charge in [-0.3, -0.25) is 4.68 Å². The second kappa shape index (κ2) is 7.38. The van der Waals surface area contributed by atoms with Crippen molar-refractivity contribution < 1.29 is 4.74 Å². The van der Waals surface area contributed by atoms with Crippen LogP contribution in [0.5, 0.6) is 0 Å². The molecular weight excluding hydrogens is 262 g/mol. The molecule has 0 spiro atoms. The highest BCUT2D eigenvalue weighted by Crippen LogP contribution is 2.17. The third kappa shape index (κ3) is 4.16. The second-order valence-electron chi connectivity index (χ2n) is 5.67. The maximum atomic E-state index is 5.25. The standard InChI is InChI=1S/C17H25N3O/c1-13(2)17-16(11-20(3)19-17)10-18-9-14-7-5-6-8-15(14)12-21-4/h5-8,11,13,18H,9-10,12H2,1-4H3. The average Bonchev–Trinajstić information content (AvgIpc) is 2.82. The van der Waals surface area contributed by atoms with Gasteiger partial charge in [0.05, 0.1) is 12.3 Å². The third-order valence-electron chi connectivity index (χ3n) is 3.53. The number of benzene rings is 1. The molecule has 1 heterocycles. The number of ether oxygens (including phenoxy) is 1. The van der Waals surface area contributed by atoms with E-state index in [1.807, 2.05) is 11.7 Å². The van der Waals surface area contributed by atoms with Crippen LogP contribution in [0, 0.1) is 0 Å². The van der Waals surface area contributed by atoms with Crippen LogP contribution in [0.4, 0.5) is 0 Å². The number of nitrogens with one attached hydrogen (secondary N) is 1. The highest BCUT2D eigenvalue weighted by Gasteiger charge is 2.11. The molecule has 0 radical (unpaired) electrons. The highest BCUT2D eigenvalue weighted by atomic mass is 16.5. The van der Waals surface area contributed by atoms with Crippen molar-refractivity contribution >= 4 is 0 Å². The van der Waals surface area contributed by atoms with E-state index >= 15 is 0 Å². The van der Waals surface area contributed by atoms with Gasteiger partial charge in [0.1, 0.15) is 0 Å². The van der Waals surface area contributed by atoms with Gasteiger partial charge in [-0.15, -0.1) is 0 Å². The van der Waals surface area contributed by atoms with Crippen molar-refractivity contribution in [1.82, 2.24) is 15.1 Å². The van der Waals surface area contributed by atoms with E-state index in [0.717, 1.165) is 13.1 Å². The lowest BCUT2D eigenvalue weighted by Gasteiger charge is -2.10. The molecule has 0 unspecified atom stereocenters. The van der Waals surface area contributed by atoms with Crippen molar-refractivity contribution in [2.24, 2.45) is 7.05 Å². The van der Waals surface area contributed by atoms with Gasteiger partial charge in [0.15, 0.2) is 0 Å². The molecule has 1 aromatic carbocycles. The zero-order valence-electron chi connectivity index (χ0n) is 13.4. The molecule has 0 aliphatic heterocycles. The summed E-state index contributed by atoms with van der Waals surface area (Å²) in [4.78, 5) is 0. The summed E-state index contributed by atoms with van der Waals surface area (Å²) in [5.41, 5.74) is 4.98. The van der Waals surface area contributed by atoms with Crippen LogP contribution in [0.3, 0.4) is 0 Å². The number of hydrogen-bond donors (Lipinski definition) is 1. The van der Waals surface area contributed by atoms with Gasteiger partial charge in [-0.2, -0.15) is 5.10 Å². The van der Waals surface area contributed by atoms with Gasteiger partial charge in [0.2, 0.25) is 0 Å². The molecule has 0 fully saturated rings. The summed E-state index contributed by atoms with van der Waals surface area (Å²) in [5.74, 6) is 0.448. The Kier molecular flexibility index (Phi) is 5.53. The summed E-state index contributed by atoms with van der Waals surface area (Å²) in [5, 5.41) is 8.06. The average molecular weight is 287 g/mol. The zero-order valence-corrected chi connectivity index (χ0v) is 13.4. The van der Waals surface area contributed by atoms with Crippen molar-refractivity contribution in [2.75, 3.05) is 7.11 Å². The maximum Gasteiger partial charge on any atom is 0.0716 e. The smallest absolute Gasteiger partial charge is 0.0716 e. The third-order valence-corrected chi connectivity index (χ3v) is 3.53. The molecule has 1 aromatic heterocycles. The van der Waals surface area contributed by atoms with Crippen LogP contribution in [0.2, 0.25) is 0 Å². The first-order valence-electron chi connectivity index (χ1n) is 7.40. The normalized spacial score (nSPS) is 11.3. The van der Waals surface area contributed by atoms with E-state index in [9.17, 15) is 0 Å². The molecule has 114 valence electrons. The van der Waals surface area contributed by atoms with Crippen LogP contribution in [-0.2, 0) is 31.5 Å². The Morgan fingerprint density at radius 3 is 2.48 bits per heavy atom. The predicted octanol–water partition coefficient (Wildman–Crippen LogP) is 2.98. The minimum atomic E-state index is 0.448. The van der Waals surface area contributed by atoms with E-state index in [1.165, 1.54) is 22.4 Å². The van der Waals surface area contributed by atoms with Gasteiger partial charge in [-0.05, 0) is 17.0 Å². The van der Waals surface area contributed by atoms with Crippen molar-refractivity contribution in [2.45, 2.75) is 39.5 Å². The van der Waals surface area contributed by atoms with Gasteiger partial charge in [0.25, 0.3) is 0 Å². The maximum absolute atomic E-state index is 5.25. The van der Waals surface area contributed by atoms with Crippen molar-refractivity contribution in [3.8, 4) is 0 Å². The minimum absolute atomic E-state index is 0.448. The zero-order chi connectivity index (χ0) is 15.2. The van der Waals surface area contributed by atoms with E-state index in [4.69, 9.17) is 4.74 Å². The van der Waals surface area contributed by atoms with Crippen LogP contribution in [0.25, 0.3) is 0 Å². The molecule has 0 amide bonds. The number of methoxy groups -OCH3 is 1. The fourth-order valence-electron chi connectivity index (χ4n) is 2.54. The summed E-state index contributed by atoms with van der Waals surface area (Å²) in [7, 11) is 3.71. The molecule has 2 rings (SSSR count). The fourth-order valence-corrected chi connectivity index (χ4v) is 2.54. The molecule has 21 heavy (non-hydrogen) atoms. The molecule has 0 bridgehead atoms. The Morgan fingerprint density at radius 2 is 1.81 bits per heavy atom. The molecule has 4 nitrogen and oxygen atoms in total. The predicted molar refractivity (Wildman–Crippen MR) is 85.0 cm³/mol. The Bertz CT molecular complexity index is 575. The summed E-state index contributed by atoms with van der Waals surface area (Å²) in [6.07, 6.45) is 2.10. The van der Waals surface area contributed by atoms with Gasteiger partial charge >= 0.3 is 0 Å². The number of nitrogens with zero attached hydrogens (tertiary/aromatic N) is 2. The molecule has 0 aliphatic carbocycles. The highest BCUT2D eigenvalue weighted by molar-refractivity contribution is 5.27. The van der Waals surface area contributed by atoms with E-state index < -0.39 is 0 Å². The van der Waals surface area contributed by atoms with Crippen molar-refractivity contribution in [3.05, 3.63) is 52.8 Å². The van der Waals surface area contributed by atoms with Crippen LogP contribution in [0.1, 0.15) is 42.1 Å². The van der Waals surface area contributed by atoms with Crippen LogP contribution >= 0.6 is 0 Å². The molecule has 1 N–H and O–H groups in total. The largest absolute Gasteiger partial charge is 0.380 e. The van der Waals surface area contributed by atoms with Gasteiger partial charge in [-0.1, -0.05) is 38.1 Å². The van der Waals surface area contributed by atoms with E-state index in [-0.39, 0.29) is 0 Å². The lowest BCUT2D eigenvalue weighted by atomic mass is 10.1. The number of rotatable bonds is 7. The first-order valence-corrected chi connectivity index (χ1v) is 7.40. The molecule has 0 atom stereocenters. The van der Waals surface area contributed by atoms with Crippen LogP contribution < -0.4 is 5.32 Å². The molecule has 0 aliphatic rings. The summed E-state index contributed by atoms with van der Waals surface area (Å²) in [6.45, 7) is 6.69. The Morgan fingerprint density at radius 1 is 1.14 bits per heavy atom. The SMILES string of the molecule is COCc1ccccc1CNCc1cn(C)nc1C(C)C. The quantitative estimate of drug-likeness (QED) is 0.851. The van der Waals surface area contributed by atoms with E-state index in [1.54, 1.807) is 7.11 Å². The summed E-state index contributed by atoms with van der Waals surface area (Å²) < 4.78 is 7.14. The van der Waals surface area contributed by atoms with Gasteiger partial charge in [-0.25, -0.2) is 0 Å². The Hall–Kier alpha value is -1.65. The lowest BCUT2D eigenvalue weighted by molar-refractivity contribution is 0.184. The molecule has 0 saturated carbocycles. The monoisotopic (exact) mass is 287 g/mol. The molecule has 2 aromatic rings. The summed E-state index contributed by atoms with van der Waals surface area (Å²) in [6, 6.07) is 8.38. The molecular formula is C17H25N3O. The van der Waals surface area contributed by atoms with Crippen LogP contribution in [-0.4, -0.2) is 16.9 Å².